The molecule has 1 N–H and O–H groups in total. The number of ether oxygens (including phenoxy) is 1. The maximum absolute atomic E-state index is 14.2. The highest BCUT2D eigenvalue weighted by Crippen LogP contribution is 2.28. The molecule has 0 radical (unpaired) electrons. The molecule has 4 rings (SSSR count). The van der Waals surface area contributed by atoms with Crippen LogP contribution in [-0.2, 0) is 26.2 Å². The summed E-state index contributed by atoms with van der Waals surface area (Å²) in [5.41, 5.74) is 1.90. The molecule has 41 heavy (non-hydrogen) atoms. The average molecular weight is 578 g/mol. The minimum Gasteiger partial charge on any atom is -0.497 e. The number of methoxy groups -OCH3 is 1. The van der Waals surface area contributed by atoms with Gasteiger partial charge in [-0.1, -0.05) is 68.3 Å². The number of hydrogen-bond donors (Lipinski definition) is 1. The van der Waals surface area contributed by atoms with E-state index in [1.807, 2.05) is 50.2 Å². The first kappa shape index (κ1) is 30.1. The van der Waals surface area contributed by atoms with E-state index in [-0.39, 0.29) is 23.4 Å². The van der Waals surface area contributed by atoms with E-state index >= 15 is 0 Å². The lowest BCUT2D eigenvalue weighted by molar-refractivity contribution is -0.140. The summed E-state index contributed by atoms with van der Waals surface area (Å²) < 4.78 is 34.4. The van der Waals surface area contributed by atoms with Gasteiger partial charge in [0.2, 0.25) is 11.8 Å². The van der Waals surface area contributed by atoms with E-state index in [4.69, 9.17) is 4.74 Å². The van der Waals surface area contributed by atoms with Crippen molar-refractivity contribution in [1.29, 1.82) is 0 Å². The number of benzene rings is 3. The van der Waals surface area contributed by atoms with Gasteiger partial charge in [0, 0.05) is 12.6 Å². The molecule has 1 fully saturated rings. The molecule has 0 unspecified atom stereocenters. The van der Waals surface area contributed by atoms with Crippen molar-refractivity contribution in [2.45, 2.75) is 69.5 Å². The number of hydrogen-bond acceptors (Lipinski definition) is 5. The molecule has 3 aromatic rings. The highest BCUT2D eigenvalue weighted by Gasteiger charge is 2.35. The Hall–Kier alpha value is -3.85. The summed E-state index contributed by atoms with van der Waals surface area (Å²) in [6, 6.07) is 21.8. The molecule has 0 bridgehead atoms. The highest BCUT2D eigenvalue weighted by molar-refractivity contribution is 7.92. The number of para-hydroxylation sites is 1. The molecule has 1 atom stereocenters. The first-order chi connectivity index (χ1) is 19.7. The van der Waals surface area contributed by atoms with Gasteiger partial charge >= 0.3 is 0 Å². The van der Waals surface area contributed by atoms with Crippen molar-refractivity contribution in [2.24, 2.45) is 0 Å². The van der Waals surface area contributed by atoms with Crippen molar-refractivity contribution in [3.05, 3.63) is 90.0 Å². The van der Waals surface area contributed by atoms with E-state index in [9.17, 15) is 18.0 Å². The normalized spacial score (nSPS) is 14.3. The lowest BCUT2D eigenvalue weighted by Crippen LogP contribution is -2.53. The molecular formula is C32H39N3O5S. The van der Waals surface area contributed by atoms with E-state index in [0.29, 0.717) is 23.4 Å². The van der Waals surface area contributed by atoms with Crippen LogP contribution in [0, 0.1) is 6.92 Å². The number of rotatable bonds is 12. The molecule has 2 amide bonds. The van der Waals surface area contributed by atoms with Crippen LogP contribution >= 0.6 is 0 Å². The maximum Gasteiger partial charge on any atom is 0.264 e. The van der Waals surface area contributed by atoms with Crippen LogP contribution in [0.4, 0.5) is 5.69 Å². The van der Waals surface area contributed by atoms with E-state index in [1.54, 1.807) is 37.4 Å². The van der Waals surface area contributed by atoms with Gasteiger partial charge in [-0.2, -0.15) is 0 Å². The van der Waals surface area contributed by atoms with Crippen LogP contribution in [-0.4, -0.2) is 50.9 Å². The zero-order valence-electron chi connectivity index (χ0n) is 24.0. The molecule has 0 saturated heterocycles. The molecule has 1 aliphatic rings. The molecule has 8 nitrogen and oxygen atoms in total. The predicted octanol–water partition coefficient (Wildman–Crippen LogP) is 5.07. The smallest absolute Gasteiger partial charge is 0.264 e. The van der Waals surface area contributed by atoms with Gasteiger partial charge in [-0.3, -0.25) is 13.9 Å². The summed E-state index contributed by atoms with van der Waals surface area (Å²) in [4.78, 5) is 29.4. The van der Waals surface area contributed by atoms with Crippen LogP contribution < -0.4 is 14.4 Å². The number of nitrogens with zero attached hydrogens (tertiary/aromatic N) is 2. The van der Waals surface area contributed by atoms with Crippen molar-refractivity contribution in [3.8, 4) is 5.75 Å². The topological polar surface area (TPSA) is 96.0 Å². The number of carbonyl (C=O) groups excluding carboxylic acids is 2. The number of amides is 2. The van der Waals surface area contributed by atoms with Crippen molar-refractivity contribution in [2.75, 3.05) is 18.0 Å². The molecule has 1 aliphatic carbocycles. The third-order valence-corrected chi connectivity index (χ3v) is 9.34. The van der Waals surface area contributed by atoms with Gasteiger partial charge in [-0.15, -0.1) is 0 Å². The number of anilines is 1. The van der Waals surface area contributed by atoms with Crippen LogP contribution in [0.15, 0.2) is 83.8 Å². The monoisotopic (exact) mass is 577 g/mol. The van der Waals surface area contributed by atoms with Gasteiger partial charge in [0.25, 0.3) is 10.0 Å². The number of carbonyl (C=O) groups is 2. The van der Waals surface area contributed by atoms with Crippen LogP contribution in [0.5, 0.6) is 5.75 Å². The Labute approximate surface area is 243 Å². The zero-order valence-corrected chi connectivity index (χ0v) is 24.8. The van der Waals surface area contributed by atoms with Crippen LogP contribution in [0.25, 0.3) is 0 Å². The summed E-state index contributed by atoms with van der Waals surface area (Å²) >= 11 is 0. The second kappa shape index (κ2) is 13.7. The molecule has 0 spiro atoms. The Morgan fingerprint density at radius 1 is 0.976 bits per heavy atom. The lowest BCUT2D eigenvalue weighted by Gasteiger charge is -2.34. The third-order valence-electron chi connectivity index (χ3n) is 7.57. The van der Waals surface area contributed by atoms with Gasteiger partial charge in [0.15, 0.2) is 0 Å². The predicted molar refractivity (Wildman–Crippen MR) is 160 cm³/mol. The summed E-state index contributed by atoms with van der Waals surface area (Å²) in [5.74, 6) is -0.0560. The first-order valence-electron chi connectivity index (χ1n) is 14.1. The fourth-order valence-electron chi connectivity index (χ4n) is 5.33. The summed E-state index contributed by atoms with van der Waals surface area (Å²) in [6.07, 6.45) is 4.35. The fraction of sp³-hybridized carbons (Fsp3) is 0.375. The van der Waals surface area contributed by atoms with E-state index in [1.165, 1.54) is 17.0 Å². The Balaban J connectivity index is 1.72. The molecule has 9 heteroatoms. The summed E-state index contributed by atoms with van der Waals surface area (Å²) in [5, 5.41) is 3.13. The zero-order chi connectivity index (χ0) is 29.4. The van der Waals surface area contributed by atoms with Crippen molar-refractivity contribution in [1.82, 2.24) is 10.2 Å². The van der Waals surface area contributed by atoms with Crippen molar-refractivity contribution < 1.29 is 22.7 Å². The van der Waals surface area contributed by atoms with Crippen LogP contribution in [0.2, 0.25) is 0 Å². The SMILES string of the molecule is CC[C@@H](C(=O)NC1CCCC1)N(Cc1cccc(OC)c1)C(=O)CN(c1ccccc1C)S(=O)(=O)c1ccccc1. The Bertz CT molecular complexity index is 1440. The standard InChI is InChI=1S/C32H39N3O5S/c1-4-29(32(37)33-26-15-9-10-16-26)34(22-25-14-12-17-27(21-25)40-3)31(36)23-35(30-20-11-8-13-24(30)2)41(38,39)28-18-6-5-7-19-28/h5-8,11-14,17-21,26,29H,4,9-10,15-16,22-23H2,1-3H3,(H,33,37)/t29-/m0/s1. The Morgan fingerprint density at radius 2 is 1.66 bits per heavy atom. The van der Waals surface area contributed by atoms with Gasteiger partial charge in [0.1, 0.15) is 18.3 Å². The molecule has 1 saturated carbocycles. The van der Waals surface area contributed by atoms with Gasteiger partial charge in [-0.25, -0.2) is 8.42 Å². The van der Waals surface area contributed by atoms with Crippen molar-refractivity contribution in [3.63, 3.8) is 0 Å². The van der Waals surface area contributed by atoms with Gasteiger partial charge in [-0.05, 0) is 67.6 Å². The number of nitrogens with one attached hydrogen (secondary N) is 1. The Morgan fingerprint density at radius 3 is 2.32 bits per heavy atom. The summed E-state index contributed by atoms with van der Waals surface area (Å²) in [7, 11) is -2.52. The van der Waals surface area contributed by atoms with E-state index < -0.39 is 28.5 Å². The molecule has 0 heterocycles. The third kappa shape index (κ3) is 7.27. The van der Waals surface area contributed by atoms with E-state index in [0.717, 1.165) is 35.6 Å². The minimum absolute atomic E-state index is 0.0846. The molecular weight excluding hydrogens is 538 g/mol. The second-order valence-electron chi connectivity index (χ2n) is 10.4. The second-order valence-corrected chi connectivity index (χ2v) is 12.3. The highest BCUT2D eigenvalue weighted by atomic mass is 32.2. The molecule has 218 valence electrons. The minimum atomic E-state index is -4.09. The largest absolute Gasteiger partial charge is 0.497 e. The number of aryl methyl sites for hydroxylation is 1. The quantitative estimate of drug-likeness (QED) is 0.325. The van der Waals surface area contributed by atoms with Gasteiger partial charge < -0.3 is 15.0 Å². The van der Waals surface area contributed by atoms with Gasteiger partial charge in [0.05, 0.1) is 17.7 Å². The van der Waals surface area contributed by atoms with Crippen LogP contribution in [0.3, 0.4) is 0 Å². The Kier molecular flexibility index (Phi) is 10.0. The maximum atomic E-state index is 14.2. The number of sulfonamides is 1. The summed E-state index contributed by atoms with van der Waals surface area (Å²) in [6.45, 7) is 3.34. The average Bonchev–Trinajstić information content (AvgIpc) is 3.49. The lowest BCUT2D eigenvalue weighted by atomic mass is 10.1. The van der Waals surface area contributed by atoms with Crippen LogP contribution in [0.1, 0.15) is 50.2 Å². The van der Waals surface area contributed by atoms with E-state index in [2.05, 4.69) is 5.32 Å². The molecule has 0 aromatic heterocycles. The fourth-order valence-corrected chi connectivity index (χ4v) is 6.83. The van der Waals surface area contributed by atoms with Crippen molar-refractivity contribution >= 4 is 27.5 Å². The molecule has 0 aliphatic heterocycles. The first-order valence-corrected chi connectivity index (χ1v) is 15.5. The molecule has 3 aromatic carbocycles.